The van der Waals surface area contributed by atoms with E-state index in [1.807, 2.05) is 0 Å². The first-order chi connectivity index (χ1) is 6.43. The summed E-state index contributed by atoms with van der Waals surface area (Å²) in [7, 11) is 0. The van der Waals surface area contributed by atoms with Crippen molar-refractivity contribution in [3.05, 3.63) is 23.3 Å². The quantitative estimate of drug-likeness (QED) is 0.601. The molecule has 0 aromatic heterocycles. The van der Waals surface area contributed by atoms with Crippen LogP contribution in [0.25, 0.3) is 0 Å². The van der Waals surface area contributed by atoms with Crippen LogP contribution in [0.2, 0.25) is 0 Å². The van der Waals surface area contributed by atoms with E-state index < -0.39 is 0 Å². The van der Waals surface area contributed by atoms with Gasteiger partial charge in [0.05, 0.1) is 13.2 Å². The topological polar surface area (TPSA) is 18.5 Å². The van der Waals surface area contributed by atoms with Gasteiger partial charge in [0.25, 0.3) is 0 Å². The number of hydrogen-bond donors (Lipinski definition) is 0. The summed E-state index contributed by atoms with van der Waals surface area (Å²) in [6, 6.07) is 4.30. The molecule has 2 aliphatic heterocycles. The predicted octanol–water partition coefficient (Wildman–Crippen LogP) is 1.95. The van der Waals surface area contributed by atoms with Gasteiger partial charge in [0, 0.05) is 12.0 Å². The Morgan fingerprint density at radius 1 is 0.846 bits per heavy atom. The molecule has 2 nitrogen and oxygen atoms in total. The van der Waals surface area contributed by atoms with Crippen molar-refractivity contribution in [1.29, 1.82) is 0 Å². The zero-order valence-electron chi connectivity index (χ0n) is 7.51. The molecule has 2 aliphatic rings. The van der Waals surface area contributed by atoms with Crippen molar-refractivity contribution in [3.63, 3.8) is 0 Å². The van der Waals surface area contributed by atoms with E-state index in [2.05, 4.69) is 12.1 Å². The Morgan fingerprint density at radius 3 is 2.38 bits per heavy atom. The Balaban J connectivity index is 2.11. The predicted molar refractivity (Wildman–Crippen MR) is 49.5 cm³/mol. The molecule has 13 heavy (non-hydrogen) atoms. The molecular formula is C11H12O2. The van der Waals surface area contributed by atoms with Gasteiger partial charge in [0.2, 0.25) is 0 Å². The molecule has 0 spiro atoms. The van der Waals surface area contributed by atoms with Crippen molar-refractivity contribution >= 4 is 0 Å². The number of ether oxygens (including phenoxy) is 2. The maximum absolute atomic E-state index is 5.59. The van der Waals surface area contributed by atoms with Crippen molar-refractivity contribution in [3.8, 4) is 11.5 Å². The van der Waals surface area contributed by atoms with Gasteiger partial charge in [0.15, 0.2) is 0 Å². The second kappa shape index (κ2) is 2.66. The van der Waals surface area contributed by atoms with E-state index in [0.717, 1.165) is 44.0 Å². The SMILES string of the molecule is c1c2c(cc3c1OCCC3)OCC2. The van der Waals surface area contributed by atoms with Gasteiger partial charge < -0.3 is 9.47 Å². The number of hydrogen-bond acceptors (Lipinski definition) is 2. The molecular weight excluding hydrogens is 164 g/mol. The third-order valence-electron chi connectivity index (χ3n) is 2.72. The molecule has 1 aromatic carbocycles. The van der Waals surface area contributed by atoms with Crippen LogP contribution >= 0.6 is 0 Å². The average Bonchev–Trinajstić information content (AvgIpc) is 2.61. The summed E-state index contributed by atoms with van der Waals surface area (Å²) in [6.45, 7) is 1.70. The minimum Gasteiger partial charge on any atom is -0.493 e. The minimum atomic E-state index is 0.832. The average molecular weight is 176 g/mol. The maximum Gasteiger partial charge on any atom is 0.123 e. The van der Waals surface area contributed by atoms with Crippen LogP contribution in [0.3, 0.4) is 0 Å². The molecule has 0 amide bonds. The zero-order valence-corrected chi connectivity index (χ0v) is 7.51. The summed E-state index contributed by atoms with van der Waals surface area (Å²) >= 11 is 0. The fraction of sp³-hybridized carbons (Fsp3) is 0.455. The Labute approximate surface area is 77.5 Å². The van der Waals surface area contributed by atoms with E-state index in [4.69, 9.17) is 9.47 Å². The highest BCUT2D eigenvalue weighted by Crippen LogP contribution is 2.34. The Bertz CT molecular complexity index is 311. The van der Waals surface area contributed by atoms with Crippen molar-refractivity contribution in [1.82, 2.24) is 0 Å². The van der Waals surface area contributed by atoms with Crippen molar-refractivity contribution in [2.45, 2.75) is 19.3 Å². The zero-order chi connectivity index (χ0) is 8.67. The molecule has 0 atom stereocenters. The first-order valence-corrected chi connectivity index (χ1v) is 4.85. The van der Waals surface area contributed by atoms with Crippen LogP contribution < -0.4 is 9.47 Å². The van der Waals surface area contributed by atoms with Gasteiger partial charge in [-0.15, -0.1) is 0 Å². The van der Waals surface area contributed by atoms with Crippen LogP contribution in [0.5, 0.6) is 11.5 Å². The van der Waals surface area contributed by atoms with E-state index in [9.17, 15) is 0 Å². The van der Waals surface area contributed by atoms with Gasteiger partial charge >= 0.3 is 0 Å². The van der Waals surface area contributed by atoms with Crippen LogP contribution in [0.1, 0.15) is 17.5 Å². The molecule has 0 fully saturated rings. The lowest BCUT2D eigenvalue weighted by atomic mass is 10.0. The molecule has 0 unspecified atom stereocenters. The van der Waals surface area contributed by atoms with Crippen LogP contribution in [-0.2, 0) is 12.8 Å². The number of fused-ring (bicyclic) bond motifs is 2. The standard InChI is InChI=1S/C11H12O2/c1-2-8-6-11-9(3-5-13-11)7-10(8)12-4-1/h6-7H,1-5H2. The van der Waals surface area contributed by atoms with Gasteiger partial charge in [-0.2, -0.15) is 0 Å². The summed E-state index contributed by atoms with van der Waals surface area (Å²) in [5.41, 5.74) is 2.62. The number of aryl methyl sites for hydroxylation is 1. The molecule has 2 heterocycles. The van der Waals surface area contributed by atoms with Crippen LogP contribution in [0.4, 0.5) is 0 Å². The van der Waals surface area contributed by atoms with E-state index >= 15 is 0 Å². The van der Waals surface area contributed by atoms with Crippen LogP contribution in [-0.4, -0.2) is 13.2 Å². The fourth-order valence-electron chi connectivity index (χ4n) is 2.02. The number of benzene rings is 1. The second-order valence-electron chi connectivity index (χ2n) is 3.62. The van der Waals surface area contributed by atoms with Gasteiger partial charge in [-0.25, -0.2) is 0 Å². The fourth-order valence-corrected chi connectivity index (χ4v) is 2.02. The van der Waals surface area contributed by atoms with Crippen molar-refractivity contribution in [2.75, 3.05) is 13.2 Å². The molecule has 0 saturated heterocycles. The third-order valence-corrected chi connectivity index (χ3v) is 2.72. The monoisotopic (exact) mass is 176 g/mol. The first kappa shape index (κ1) is 7.25. The molecule has 0 saturated carbocycles. The molecule has 1 aromatic rings. The highest BCUT2D eigenvalue weighted by atomic mass is 16.5. The van der Waals surface area contributed by atoms with E-state index in [1.54, 1.807) is 0 Å². The molecule has 0 N–H and O–H groups in total. The maximum atomic E-state index is 5.59. The summed E-state index contributed by atoms with van der Waals surface area (Å²) in [5.74, 6) is 2.15. The van der Waals surface area contributed by atoms with Crippen molar-refractivity contribution < 1.29 is 9.47 Å². The second-order valence-corrected chi connectivity index (χ2v) is 3.62. The molecule has 0 aliphatic carbocycles. The Hall–Kier alpha value is -1.18. The van der Waals surface area contributed by atoms with Gasteiger partial charge in [-0.05, 0) is 30.5 Å². The lowest BCUT2D eigenvalue weighted by Crippen LogP contribution is -2.08. The van der Waals surface area contributed by atoms with Crippen molar-refractivity contribution in [2.24, 2.45) is 0 Å². The van der Waals surface area contributed by atoms with Crippen LogP contribution in [0.15, 0.2) is 12.1 Å². The first-order valence-electron chi connectivity index (χ1n) is 4.85. The number of rotatable bonds is 0. The van der Waals surface area contributed by atoms with Crippen LogP contribution in [0, 0.1) is 0 Å². The van der Waals surface area contributed by atoms with Gasteiger partial charge in [0.1, 0.15) is 11.5 Å². The lowest BCUT2D eigenvalue weighted by molar-refractivity contribution is 0.287. The Kier molecular flexibility index (Phi) is 1.48. The Morgan fingerprint density at radius 2 is 1.54 bits per heavy atom. The molecule has 68 valence electrons. The smallest absolute Gasteiger partial charge is 0.123 e. The molecule has 0 bridgehead atoms. The highest BCUT2D eigenvalue weighted by Gasteiger charge is 2.18. The van der Waals surface area contributed by atoms with E-state index in [-0.39, 0.29) is 0 Å². The molecule has 3 rings (SSSR count). The molecule has 0 radical (unpaired) electrons. The highest BCUT2D eigenvalue weighted by molar-refractivity contribution is 5.48. The summed E-state index contributed by atoms with van der Waals surface area (Å²) in [4.78, 5) is 0. The van der Waals surface area contributed by atoms with Gasteiger partial charge in [-0.1, -0.05) is 0 Å². The lowest BCUT2D eigenvalue weighted by Gasteiger charge is -2.17. The summed E-state index contributed by atoms with van der Waals surface area (Å²) < 4.78 is 11.1. The summed E-state index contributed by atoms with van der Waals surface area (Å²) in [6.07, 6.45) is 3.30. The minimum absolute atomic E-state index is 0.832. The third kappa shape index (κ3) is 1.09. The largest absolute Gasteiger partial charge is 0.493 e. The van der Waals surface area contributed by atoms with E-state index in [1.165, 1.54) is 11.1 Å². The normalized spacial score (nSPS) is 18.5. The summed E-state index contributed by atoms with van der Waals surface area (Å²) in [5, 5.41) is 0. The van der Waals surface area contributed by atoms with E-state index in [0.29, 0.717) is 0 Å². The molecule has 2 heteroatoms. The van der Waals surface area contributed by atoms with Gasteiger partial charge in [-0.3, -0.25) is 0 Å².